The van der Waals surface area contributed by atoms with Crippen LogP contribution in [0.25, 0.3) is 0 Å². The Kier molecular flexibility index (Phi) is 4.26. The molecular weight excluding hydrogens is 196 g/mol. The van der Waals surface area contributed by atoms with Crippen LogP contribution in [-0.2, 0) is 0 Å². The van der Waals surface area contributed by atoms with Crippen molar-refractivity contribution in [1.82, 2.24) is 0 Å². The maximum Gasteiger partial charge on any atom is 0.00791 e. The highest BCUT2D eigenvalue weighted by Crippen LogP contribution is 2.49. The van der Waals surface area contributed by atoms with Crippen molar-refractivity contribution in [1.29, 1.82) is 0 Å². The molecule has 2 saturated carbocycles. The molecule has 16 heavy (non-hydrogen) atoms. The normalized spacial score (nSPS) is 28.1. The van der Waals surface area contributed by atoms with Gasteiger partial charge in [-0.05, 0) is 62.8 Å². The maximum absolute atomic E-state index is 6.20. The van der Waals surface area contributed by atoms with Crippen LogP contribution >= 0.6 is 0 Å². The highest BCUT2D eigenvalue weighted by molar-refractivity contribution is 4.90. The van der Waals surface area contributed by atoms with Gasteiger partial charge in [-0.25, -0.2) is 0 Å². The van der Waals surface area contributed by atoms with E-state index in [0.717, 1.165) is 24.3 Å². The standard InChI is InChI=1S/C14H28N2/c15-11-6-13(16)12-4-9-14(10-5-12)7-2-1-3-8-14/h12-13H,1-11,15-16H2. The fourth-order valence-corrected chi connectivity index (χ4v) is 3.91. The van der Waals surface area contributed by atoms with Gasteiger partial charge < -0.3 is 11.5 Å². The lowest BCUT2D eigenvalue weighted by Crippen LogP contribution is -2.38. The zero-order valence-corrected chi connectivity index (χ0v) is 10.6. The number of nitrogens with two attached hydrogens (primary N) is 2. The molecule has 1 atom stereocenters. The second-order valence-corrected chi connectivity index (χ2v) is 6.14. The molecule has 4 N–H and O–H groups in total. The zero-order valence-electron chi connectivity index (χ0n) is 10.6. The third-order valence-electron chi connectivity index (χ3n) is 5.11. The molecule has 2 nitrogen and oxygen atoms in total. The van der Waals surface area contributed by atoms with Gasteiger partial charge in [0.25, 0.3) is 0 Å². The van der Waals surface area contributed by atoms with Crippen LogP contribution in [0, 0.1) is 11.3 Å². The summed E-state index contributed by atoms with van der Waals surface area (Å²) >= 11 is 0. The van der Waals surface area contributed by atoms with Gasteiger partial charge in [0, 0.05) is 6.04 Å². The predicted molar refractivity (Wildman–Crippen MR) is 69.1 cm³/mol. The van der Waals surface area contributed by atoms with Crippen molar-refractivity contribution in [3.05, 3.63) is 0 Å². The molecule has 2 aliphatic rings. The minimum atomic E-state index is 0.367. The van der Waals surface area contributed by atoms with Crippen LogP contribution in [0.15, 0.2) is 0 Å². The number of rotatable bonds is 3. The average molecular weight is 224 g/mol. The van der Waals surface area contributed by atoms with Gasteiger partial charge in [0.05, 0.1) is 0 Å². The molecule has 2 fully saturated rings. The van der Waals surface area contributed by atoms with Crippen molar-refractivity contribution in [2.75, 3.05) is 6.54 Å². The van der Waals surface area contributed by atoms with Gasteiger partial charge >= 0.3 is 0 Å². The van der Waals surface area contributed by atoms with Crippen molar-refractivity contribution in [3.63, 3.8) is 0 Å². The number of hydrogen-bond donors (Lipinski definition) is 2. The van der Waals surface area contributed by atoms with Crippen molar-refractivity contribution in [2.45, 2.75) is 70.3 Å². The quantitative estimate of drug-likeness (QED) is 0.774. The van der Waals surface area contributed by atoms with E-state index in [1.807, 2.05) is 0 Å². The Hall–Kier alpha value is -0.0800. The van der Waals surface area contributed by atoms with Gasteiger partial charge in [0.15, 0.2) is 0 Å². The monoisotopic (exact) mass is 224 g/mol. The van der Waals surface area contributed by atoms with E-state index in [-0.39, 0.29) is 0 Å². The van der Waals surface area contributed by atoms with Gasteiger partial charge in [-0.1, -0.05) is 19.3 Å². The molecule has 0 aromatic heterocycles. The van der Waals surface area contributed by atoms with E-state index in [1.165, 1.54) is 57.8 Å². The molecule has 1 spiro atoms. The Labute approximate surface area is 100 Å². The van der Waals surface area contributed by atoms with Crippen LogP contribution in [0.3, 0.4) is 0 Å². The molecule has 0 aliphatic heterocycles. The molecule has 2 aliphatic carbocycles. The summed E-state index contributed by atoms with van der Waals surface area (Å²) in [6.45, 7) is 0.753. The SMILES string of the molecule is NCCC(N)C1CCC2(CCCCC2)CC1. The maximum atomic E-state index is 6.20. The van der Waals surface area contributed by atoms with Crippen LogP contribution in [0.1, 0.15) is 64.2 Å². The van der Waals surface area contributed by atoms with Crippen LogP contribution in [0.5, 0.6) is 0 Å². The van der Waals surface area contributed by atoms with Gasteiger partial charge in [-0.3, -0.25) is 0 Å². The molecule has 0 saturated heterocycles. The summed E-state index contributed by atoms with van der Waals surface area (Å²) in [5, 5.41) is 0. The third kappa shape index (κ3) is 2.78. The Morgan fingerprint density at radius 3 is 2.19 bits per heavy atom. The molecule has 2 rings (SSSR count). The van der Waals surface area contributed by atoms with E-state index in [9.17, 15) is 0 Å². The largest absolute Gasteiger partial charge is 0.330 e. The Morgan fingerprint density at radius 2 is 1.62 bits per heavy atom. The van der Waals surface area contributed by atoms with E-state index in [1.54, 1.807) is 0 Å². The lowest BCUT2D eigenvalue weighted by Gasteiger charge is -2.44. The zero-order chi connectivity index (χ0) is 11.4. The Morgan fingerprint density at radius 1 is 1.00 bits per heavy atom. The van der Waals surface area contributed by atoms with E-state index >= 15 is 0 Å². The fraction of sp³-hybridized carbons (Fsp3) is 1.00. The third-order valence-corrected chi connectivity index (χ3v) is 5.11. The lowest BCUT2D eigenvalue weighted by molar-refractivity contribution is 0.0883. The molecule has 94 valence electrons. The smallest absolute Gasteiger partial charge is 0.00791 e. The van der Waals surface area contributed by atoms with Gasteiger partial charge in [0.1, 0.15) is 0 Å². The fourth-order valence-electron chi connectivity index (χ4n) is 3.91. The molecule has 0 heterocycles. The number of hydrogen-bond acceptors (Lipinski definition) is 2. The van der Waals surface area contributed by atoms with Crippen molar-refractivity contribution >= 4 is 0 Å². The predicted octanol–water partition coefficient (Wildman–Crippen LogP) is 2.80. The van der Waals surface area contributed by atoms with Crippen LogP contribution < -0.4 is 11.5 Å². The molecule has 2 heteroatoms. The first kappa shape index (κ1) is 12.4. The molecule has 0 aromatic carbocycles. The molecule has 0 aromatic rings. The molecular formula is C14H28N2. The minimum absolute atomic E-state index is 0.367. The summed E-state index contributed by atoms with van der Waals surface area (Å²) in [5.41, 5.74) is 12.5. The Bertz CT molecular complexity index is 199. The second-order valence-electron chi connectivity index (χ2n) is 6.14. The first-order valence-electron chi connectivity index (χ1n) is 7.21. The van der Waals surface area contributed by atoms with Crippen molar-refractivity contribution < 1.29 is 0 Å². The molecule has 1 unspecified atom stereocenters. The molecule has 0 bridgehead atoms. The van der Waals surface area contributed by atoms with E-state index in [0.29, 0.717) is 6.04 Å². The van der Waals surface area contributed by atoms with Gasteiger partial charge in [-0.15, -0.1) is 0 Å². The van der Waals surface area contributed by atoms with Crippen molar-refractivity contribution in [3.8, 4) is 0 Å². The minimum Gasteiger partial charge on any atom is -0.330 e. The summed E-state index contributed by atoms with van der Waals surface area (Å²) in [6, 6.07) is 0.367. The summed E-state index contributed by atoms with van der Waals surface area (Å²) < 4.78 is 0. The lowest BCUT2D eigenvalue weighted by atomic mass is 9.62. The average Bonchev–Trinajstić information content (AvgIpc) is 2.31. The molecule has 0 amide bonds. The van der Waals surface area contributed by atoms with Crippen LogP contribution in [0.2, 0.25) is 0 Å². The summed E-state index contributed by atoms with van der Waals surface area (Å²) in [6.07, 6.45) is 14.0. The summed E-state index contributed by atoms with van der Waals surface area (Å²) in [7, 11) is 0. The van der Waals surface area contributed by atoms with Gasteiger partial charge in [-0.2, -0.15) is 0 Å². The van der Waals surface area contributed by atoms with E-state index < -0.39 is 0 Å². The van der Waals surface area contributed by atoms with Gasteiger partial charge in [0.2, 0.25) is 0 Å². The highest BCUT2D eigenvalue weighted by Gasteiger charge is 2.37. The van der Waals surface area contributed by atoms with Crippen LogP contribution in [0.4, 0.5) is 0 Å². The second kappa shape index (κ2) is 5.50. The van der Waals surface area contributed by atoms with E-state index in [4.69, 9.17) is 11.5 Å². The summed E-state index contributed by atoms with van der Waals surface area (Å²) in [5.74, 6) is 0.760. The van der Waals surface area contributed by atoms with E-state index in [2.05, 4.69) is 0 Å². The Balaban J connectivity index is 1.81. The highest BCUT2D eigenvalue weighted by atomic mass is 14.7. The van der Waals surface area contributed by atoms with Crippen molar-refractivity contribution in [2.24, 2.45) is 22.8 Å². The summed E-state index contributed by atoms with van der Waals surface area (Å²) in [4.78, 5) is 0. The molecule has 0 radical (unpaired) electrons. The first-order valence-corrected chi connectivity index (χ1v) is 7.21. The topological polar surface area (TPSA) is 52.0 Å². The van der Waals surface area contributed by atoms with Crippen LogP contribution in [-0.4, -0.2) is 12.6 Å². The first-order chi connectivity index (χ1) is 7.76.